The molecule has 0 aliphatic carbocycles. The van der Waals surface area contributed by atoms with Gasteiger partial charge in [0.2, 0.25) is 0 Å². The lowest BCUT2D eigenvalue weighted by atomic mass is 10.0. The maximum absolute atomic E-state index is 13.1. The van der Waals surface area contributed by atoms with Gasteiger partial charge in [-0.3, -0.25) is 4.79 Å². The van der Waals surface area contributed by atoms with Gasteiger partial charge >= 0.3 is 0 Å². The van der Waals surface area contributed by atoms with Gasteiger partial charge in [0, 0.05) is 11.9 Å². The Morgan fingerprint density at radius 2 is 2.15 bits per heavy atom. The summed E-state index contributed by atoms with van der Waals surface area (Å²) in [6.45, 7) is 4.11. The Bertz CT molecular complexity index is 606. The Kier molecular flexibility index (Phi) is 4.39. The van der Waals surface area contributed by atoms with Crippen LogP contribution in [-0.2, 0) is 0 Å². The summed E-state index contributed by atoms with van der Waals surface area (Å²) >= 11 is 0. The minimum absolute atomic E-state index is 0.162. The molecule has 1 amide bonds. The average Bonchev–Trinajstić information content (AvgIpc) is 2.78. The molecule has 0 spiro atoms. The Morgan fingerprint density at radius 3 is 2.85 bits per heavy atom. The van der Waals surface area contributed by atoms with Crippen molar-refractivity contribution in [3.05, 3.63) is 35.8 Å². The predicted octanol–water partition coefficient (Wildman–Crippen LogP) is 2.71. The molecule has 0 fully saturated rings. The van der Waals surface area contributed by atoms with Crippen molar-refractivity contribution >= 4 is 16.9 Å². The highest BCUT2D eigenvalue weighted by Gasteiger charge is 2.14. The van der Waals surface area contributed by atoms with E-state index in [4.69, 9.17) is 4.42 Å². The number of hydrogen-bond acceptors (Lipinski definition) is 3. The largest absolute Gasteiger partial charge is 0.451 e. The quantitative estimate of drug-likeness (QED) is 0.884. The first-order chi connectivity index (χ1) is 9.45. The standard InChI is InChI=1S/C15H18FNO3/c1-9(5-10(2)18)8-17-15(19)14-7-11-6-12(16)3-4-13(11)20-14/h3-4,6-7,9-10,18H,5,8H2,1-2H3,(H,17,19). The SMILES string of the molecule is CC(O)CC(C)CNC(=O)c1cc2cc(F)ccc2o1. The fraction of sp³-hybridized carbons (Fsp3) is 0.400. The summed E-state index contributed by atoms with van der Waals surface area (Å²) in [7, 11) is 0. The fourth-order valence-corrected chi connectivity index (χ4v) is 2.15. The summed E-state index contributed by atoms with van der Waals surface area (Å²) in [4.78, 5) is 11.9. The molecular weight excluding hydrogens is 261 g/mol. The third-order valence-electron chi connectivity index (χ3n) is 3.06. The predicted molar refractivity (Wildman–Crippen MR) is 74.0 cm³/mol. The molecule has 2 unspecified atom stereocenters. The molecule has 4 nitrogen and oxygen atoms in total. The lowest BCUT2D eigenvalue weighted by molar-refractivity contribution is 0.0914. The van der Waals surface area contributed by atoms with Crippen molar-refractivity contribution in [1.82, 2.24) is 5.32 Å². The van der Waals surface area contributed by atoms with Crippen LogP contribution in [-0.4, -0.2) is 23.7 Å². The van der Waals surface area contributed by atoms with Gasteiger partial charge in [0.15, 0.2) is 5.76 Å². The number of aliphatic hydroxyl groups excluding tert-OH is 1. The van der Waals surface area contributed by atoms with Crippen LogP contribution < -0.4 is 5.32 Å². The first-order valence-corrected chi connectivity index (χ1v) is 6.61. The van der Waals surface area contributed by atoms with Gasteiger partial charge < -0.3 is 14.8 Å². The number of carbonyl (C=O) groups is 1. The summed E-state index contributed by atoms with van der Waals surface area (Å²) in [5, 5.41) is 12.6. The van der Waals surface area contributed by atoms with Crippen molar-refractivity contribution < 1.29 is 18.7 Å². The van der Waals surface area contributed by atoms with E-state index in [9.17, 15) is 14.3 Å². The maximum atomic E-state index is 13.1. The molecule has 0 aliphatic heterocycles. The molecule has 1 heterocycles. The molecule has 0 aliphatic rings. The molecule has 0 saturated carbocycles. The van der Waals surface area contributed by atoms with Gasteiger partial charge in [-0.25, -0.2) is 4.39 Å². The monoisotopic (exact) mass is 279 g/mol. The first-order valence-electron chi connectivity index (χ1n) is 6.61. The molecular formula is C15H18FNO3. The molecule has 2 N–H and O–H groups in total. The zero-order chi connectivity index (χ0) is 14.7. The molecule has 5 heteroatoms. The zero-order valence-electron chi connectivity index (χ0n) is 11.5. The number of amides is 1. The van der Waals surface area contributed by atoms with Crippen LogP contribution in [0.15, 0.2) is 28.7 Å². The number of aliphatic hydroxyl groups is 1. The third kappa shape index (κ3) is 3.57. The van der Waals surface area contributed by atoms with E-state index in [1.165, 1.54) is 24.3 Å². The van der Waals surface area contributed by atoms with Crippen LogP contribution in [0.5, 0.6) is 0 Å². The summed E-state index contributed by atoms with van der Waals surface area (Å²) in [5.74, 6) is -0.370. The smallest absolute Gasteiger partial charge is 0.287 e. The normalized spacial score (nSPS) is 14.2. The van der Waals surface area contributed by atoms with Gasteiger partial charge in [-0.2, -0.15) is 0 Å². The van der Waals surface area contributed by atoms with Gasteiger partial charge in [-0.05, 0) is 43.5 Å². The molecule has 0 bridgehead atoms. The highest BCUT2D eigenvalue weighted by molar-refractivity contribution is 5.96. The first kappa shape index (κ1) is 14.5. The van der Waals surface area contributed by atoms with E-state index in [-0.39, 0.29) is 23.4 Å². The van der Waals surface area contributed by atoms with E-state index in [0.717, 1.165) is 0 Å². The van der Waals surface area contributed by atoms with Gasteiger partial charge in [-0.1, -0.05) is 6.92 Å². The molecule has 2 atom stereocenters. The van der Waals surface area contributed by atoms with E-state index in [1.54, 1.807) is 6.92 Å². The van der Waals surface area contributed by atoms with Crippen LogP contribution in [0.1, 0.15) is 30.8 Å². The lowest BCUT2D eigenvalue weighted by Gasteiger charge is -2.13. The van der Waals surface area contributed by atoms with Gasteiger partial charge in [0.1, 0.15) is 11.4 Å². The number of carbonyl (C=O) groups excluding carboxylic acids is 1. The van der Waals surface area contributed by atoms with E-state index in [1.807, 2.05) is 6.92 Å². The topological polar surface area (TPSA) is 62.5 Å². The van der Waals surface area contributed by atoms with Crippen molar-refractivity contribution in [2.75, 3.05) is 6.54 Å². The second-order valence-corrected chi connectivity index (χ2v) is 5.19. The van der Waals surface area contributed by atoms with Crippen LogP contribution >= 0.6 is 0 Å². The number of nitrogens with one attached hydrogen (secondary N) is 1. The molecule has 0 saturated heterocycles. The van der Waals surface area contributed by atoms with E-state index >= 15 is 0 Å². The number of hydrogen-bond donors (Lipinski definition) is 2. The highest BCUT2D eigenvalue weighted by Crippen LogP contribution is 2.20. The Labute approximate surface area is 116 Å². The molecule has 1 aromatic carbocycles. The van der Waals surface area contributed by atoms with Crippen molar-refractivity contribution in [2.45, 2.75) is 26.4 Å². The number of benzene rings is 1. The molecule has 2 aromatic rings. The van der Waals surface area contributed by atoms with Crippen LogP contribution in [0, 0.1) is 11.7 Å². The van der Waals surface area contributed by atoms with Crippen molar-refractivity contribution in [3.63, 3.8) is 0 Å². The van der Waals surface area contributed by atoms with E-state index in [0.29, 0.717) is 23.9 Å². The number of halogens is 1. The second kappa shape index (κ2) is 6.05. The number of rotatable bonds is 5. The van der Waals surface area contributed by atoms with E-state index in [2.05, 4.69) is 5.32 Å². The Balaban J connectivity index is 2.00. The molecule has 20 heavy (non-hydrogen) atoms. The minimum Gasteiger partial charge on any atom is -0.451 e. The van der Waals surface area contributed by atoms with Crippen molar-refractivity contribution in [2.24, 2.45) is 5.92 Å². The summed E-state index contributed by atoms with van der Waals surface area (Å²) in [5.41, 5.74) is 0.480. The van der Waals surface area contributed by atoms with Crippen molar-refractivity contribution in [3.8, 4) is 0 Å². The van der Waals surface area contributed by atoms with Crippen LogP contribution in [0.25, 0.3) is 11.0 Å². The molecule has 0 radical (unpaired) electrons. The number of furan rings is 1. The lowest BCUT2D eigenvalue weighted by Crippen LogP contribution is -2.29. The number of fused-ring (bicyclic) bond motifs is 1. The van der Waals surface area contributed by atoms with Gasteiger partial charge in [0.25, 0.3) is 5.91 Å². The van der Waals surface area contributed by atoms with Crippen LogP contribution in [0.3, 0.4) is 0 Å². The summed E-state index contributed by atoms with van der Waals surface area (Å²) < 4.78 is 18.4. The average molecular weight is 279 g/mol. The fourth-order valence-electron chi connectivity index (χ4n) is 2.15. The molecule has 2 rings (SSSR count). The van der Waals surface area contributed by atoms with Crippen LogP contribution in [0.4, 0.5) is 4.39 Å². The zero-order valence-corrected chi connectivity index (χ0v) is 11.5. The van der Waals surface area contributed by atoms with Crippen LogP contribution in [0.2, 0.25) is 0 Å². The molecule has 108 valence electrons. The van der Waals surface area contributed by atoms with E-state index < -0.39 is 6.10 Å². The summed E-state index contributed by atoms with van der Waals surface area (Å²) in [6, 6.07) is 5.63. The highest BCUT2D eigenvalue weighted by atomic mass is 19.1. The maximum Gasteiger partial charge on any atom is 0.287 e. The van der Waals surface area contributed by atoms with Gasteiger partial charge in [-0.15, -0.1) is 0 Å². The van der Waals surface area contributed by atoms with Gasteiger partial charge in [0.05, 0.1) is 6.10 Å². The Hall–Kier alpha value is -1.88. The minimum atomic E-state index is -0.393. The van der Waals surface area contributed by atoms with Crippen molar-refractivity contribution in [1.29, 1.82) is 0 Å². The third-order valence-corrected chi connectivity index (χ3v) is 3.06. The second-order valence-electron chi connectivity index (χ2n) is 5.19. The summed E-state index contributed by atoms with van der Waals surface area (Å²) in [6.07, 6.45) is 0.224. The Morgan fingerprint density at radius 1 is 1.40 bits per heavy atom. The molecule has 1 aromatic heterocycles.